The van der Waals surface area contributed by atoms with Crippen molar-refractivity contribution in [3.8, 4) is 0 Å². The molecule has 0 radical (unpaired) electrons. The minimum Gasteiger partial charge on any atom is -0.319 e. The minimum absolute atomic E-state index is 0.208. The van der Waals surface area contributed by atoms with Crippen molar-refractivity contribution in [1.82, 2.24) is 0 Å². The number of nitrogens with one attached hydrogen (secondary N) is 1. The molecule has 2 rings (SSSR count). The van der Waals surface area contributed by atoms with Crippen molar-refractivity contribution in [2.75, 3.05) is 5.32 Å². The molecule has 0 aliphatic heterocycles. The van der Waals surface area contributed by atoms with Gasteiger partial charge in [0.2, 0.25) is 0 Å². The first-order valence-electron chi connectivity index (χ1n) is 5.08. The van der Waals surface area contributed by atoms with Crippen LogP contribution in [0.3, 0.4) is 0 Å². The summed E-state index contributed by atoms with van der Waals surface area (Å²) < 4.78 is 26.2. The third-order valence-corrected chi connectivity index (χ3v) is 2.50. The number of halogens is 3. The fourth-order valence-corrected chi connectivity index (χ4v) is 1.61. The molecular weight excluding hydrogens is 260 g/mol. The van der Waals surface area contributed by atoms with Gasteiger partial charge in [-0.05, 0) is 30.3 Å². The maximum atomic E-state index is 13.3. The topological polar surface area (TPSA) is 29.1 Å². The summed E-state index contributed by atoms with van der Waals surface area (Å²) in [6.07, 6.45) is 0. The Morgan fingerprint density at radius 1 is 1.11 bits per heavy atom. The number of hydrogen-bond acceptors (Lipinski definition) is 1. The molecular formula is C13H8ClF2NO. The van der Waals surface area contributed by atoms with Crippen LogP contribution in [0.5, 0.6) is 0 Å². The predicted octanol–water partition coefficient (Wildman–Crippen LogP) is 3.87. The summed E-state index contributed by atoms with van der Waals surface area (Å²) in [6, 6.07) is 9.01. The van der Waals surface area contributed by atoms with E-state index in [4.69, 9.17) is 11.6 Å². The van der Waals surface area contributed by atoms with Crippen molar-refractivity contribution in [2.45, 2.75) is 0 Å². The first kappa shape index (κ1) is 12.5. The summed E-state index contributed by atoms with van der Waals surface area (Å²) in [5.74, 6) is -1.88. The van der Waals surface area contributed by atoms with Gasteiger partial charge >= 0.3 is 0 Å². The Balaban J connectivity index is 2.24. The molecule has 0 aliphatic rings. The number of rotatable bonds is 2. The first-order valence-corrected chi connectivity index (χ1v) is 5.46. The summed E-state index contributed by atoms with van der Waals surface area (Å²) in [5, 5.41) is 2.67. The number of carbonyl (C=O) groups excluding carboxylic acids is 1. The molecule has 0 unspecified atom stereocenters. The smallest absolute Gasteiger partial charge is 0.255 e. The molecule has 0 saturated carbocycles. The number of benzene rings is 2. The van der Waals surface area contributed by atoms with Gasteiger partial charge in [0.1, 0.15) is 11.6 Å². The van der Waals surface area contributed by atoms with Gasteiger partial charge in [0.05, 0.1) is 5.69 Å². The highest BCUT2D eigenvalue weighted by molar-refractivity contribution is 6.31. The minimum atomic E-state index is -0.702. The zero-order chi connectivity index (χ0) is 13.1. The summed E-state index contributed by atoms with van der Waals surface area (Å²) in [7, 11) is 0. The van der Waals surface area contributed by atoms with E-state index in [1.807, 2.05) is 0 Å². The first-order chi connectivity index (χ1) is 8.56. The van der Waals surface area contributed by atoms with E-state index in [1.54, 1.807) is 12.1 Å². The van der Waals surface area contributed by atoms with Gasteiger partial charge in [-0.2, -0.15) is 0 Å². The molecule has 0 saturated heterocycles. The second-order valence-electron chi connectivity index (χ2n) is 3.59. The molecule has 0 atom stereocenters. The predicted molar refractivity (Wildman–Crippen MR) is 65.8 cm³/mol. The second-order valence-corrected chi connectivity index (χ2v) is 4.03. The quantitative estimate of drug-likeness (QED) is 0.879. The molecule has 0 heterocycles. The van der Waals surface area contributed by atoms with E-state index in [2.05, 4.69) is 5.32 Å². The van der Waals surface area contributed by atoms with Crippen LogP contribution in [0.15, 0.2) is 42.5 Å². The SMILES string of the molecule is O=C(Nc1cc(F)ccc1F)c1cccc(Cl)c1. The van der Waals surface area contributed by atoms with E-state index in [0.29, 0.717) is 5.02 Å². The fourth-order valence-electron chi connectivity index (χ4n) is 1.42. The van der Waals surface area contributed by atoms with Gasteiger partial charge in [-0.15, -0.1) is 0 Å². The third-order valence-electron chi connectivity index (χ3n) is 2.26. The molecule has 2 aromatic rings. The van der Waals surface area contributed by atoms with Crippen LogP contribution in [0.2, 0.25) is 5.02 Å². The molecule has 0 aliphatic carbocycles. The highest BCUT2D eigenvalue weighted by atomic mass is 35.5. The van der Waals surface area contributed by atoms with Gasteiger partial charge < -0.3 is 5.32 Å². The number of amides is 1. The van der Waals surface area contributed by atoms with E-state index in [-0.39, 0.29) is 11.3 Å². The molecule has 0 spiro atoms. The van der Waals surface area contributed by atoms with Crippen LogP contribution in [0.25, 0.3) is 0 Å². The van der Waals surface area contributed by atoms with Crippen LogP contribution < -0.4 is 5.32 Å². The van der Waals surface area contributed by atoms with Crippen LogP contribution in [0.4, 0.5) is 14.5 Å². The maximum Gasteiger partial charge on any atom is 0.255 e. The average molecular weight is 268 g/mol. The van der Waals surface area contributed by atoms with E-state index in [9.17, 15) is 13.6 Å². The molecule has 0 fully saturated rings. The Kier molecular flexibility index (Phi) is 3.58. The standard InChI is InChI=1S/C13H8ClF2NO/c14-9-3-1-2-8(6-9)13(18)17-12-7-10(15)4-5-11(12)16/h1-7H,(H,17,18). The van der Waals surface area contributed by atoms with Crippen molar-refractivity contribution in [1.29, 1.82) is 0 Å². The zero-order valence-corrected chi connectivity index (χ0v) is 9.84. The fraction of sp³-hybridized carbons (Fsp3) is 0. The van der Waals surface area contributed by atoms with Crippen molar-refractivity contribution in [3.05, 3.63) is 64.7 Å². The van der Waals surface area contributed by atoms with Crippen molar-refractivity contribution in [3.63, 3.8) is 0 Å². The monoisotopic (exact) mass is 267 g/mol. The molecule has 5 heteroatoms. The lowest BCUT2D eigenvalue weighted by atomic mass is 10.2. The largest absolute Gasteiger partial charge is 0.319 e. The van der Waals surface area contributed by atoms with Gasteiger partial charge in [-0.25, -0.2) is 8.78 Å². The molecule has 0 aromatic heterocycles. The molecule has 1 N–H and O–H groups in total. The molecule has 0 bridgehead atoms. The van der Waals surface area contributed by atoms with Crippen molar-refractivity contribution < 1.29 is 13.6 Å². The lowest BCUT2D eigenvalue weighted by Crippen LogP contribution is -2.13. The number of hydrogen-bond donors (Lipinski definition) is 1. The molecule has 1 amide bonds. The Labute approximate surface area is 107 Å². The highest BCUT2D eigenvalue weighted by Gasteiger charge is 2.10. The van der Waals surface area contributed by atoms with Crippen LogP contribution in [0.1, 0.15) is 10.4 Å². The van der Waals surface area contributed by atoms with Crippen LogP contribution in [-0.4, -0.2) is 5.91 Å². The number of anilines is 1. The average Bonchev–Trinajstić information content (AvgIpc) is 2.34. The molecule has 2 aromatic carbocycles. The maximum absolute atomic E-state index is 13.3. The van der Waals surface area contributed by atoms with Crippen molar-refractivity contribution in [2.24, 2.45) is 0 Å². The third kappa shape index (κ3) is 2.84. The van der Waals surface area contributed by atoms with E-state index < -0.39 is 17.5 Å². The Hall–Kier alpha value is -1.94. The normalized spacial score (nSPS) is 10.2. The highest BCUT2D eigenvalue weighted by Crippen LogP contribution is 2.17. The van der Waals surface area contributed by atoms with E-state index in [0.717, 1.165) is 18.2 Å². The van der Waals surface area contributed by atoms with E-state index >= 15 is 0 Å². The van der Waals surface area contributed by atoms with E-state index in [1.165, 1.54) is 12.1 Å². The summed E-state index contributed by atoms with van der Waals surface area (Å²) >= 11 is 5.73. The second kappa shape index (κ2) is 5.14. The Morgan fingerprint density at radius 3 is 2.61 bits per heavy atom. The summed E-state index contributed by atoms with van der Waals surface area (Å²) in [4.78, 5) is 11.8. The molecule has 18 heavy (non-hydrogen) atoms. The Bertz CT molecular complexity index is 601. The molecule has 92 valence electrons. The summed E-state index contributed by atoms with van der Waals surface area (Å²) in [6.45, 7) is 0. The van der Waals surface area contributed by atoms with Crippen molar-refractivity contribution >= 4 is 23.2 Å². The van der Waals surface area contributed by atoms with Gasteiger partial charge in [0.15, 0.2) is 0 Å². The number of carbonyl (C=O) groups is 1. The van der Waals surface area contributed by atoms with Gasteiger partial charge in [-0.3, -0.25) is 4.79 Å². The lowest BCUT2D eigenvalue weighted by molar-refractivity contribution is 0.102. The lowest BCUT2D eigenvalue weighted by Gasteiger charge is -2.06. The summed E-state index contributed by atoms with van der Waals surface area (Å²) in [5.41, 5.74) is 0.0612. The Morgan fingerprint density at radius 2 is 1.89 bits per heavy atom. The van der Waals surface area contributed by atoms with Crippen LogP contribution in [0, 0.1) is 11.6 Å². The van der Waals surface area contributed by atoms with Gasteiger partial charge in [0.25, 0.3) is 5.91 Å². The van der Waals surface area contributed by atoms with Crippen LogP contribution in [-0.2, 0) is 0 Å². The van der Waals surface area contributed by atoms with Gasteiger partial charge in [0, 0.05) is 16.7 Å². The van der Waals surface area contributed by atoms with Crippen LogP contribution >= 0.6 is 11.6 Å². The zero-order valence-electron chi connectivity index (χ0n) is 9.08. The van der Waals surface area contributed by atoms with Gasteiger partial charge in [-0.1, -0.05) is 17.7 Å². The molecule has 2 nitrogen and oxygen atoms in total.